The van der Waals surface area contributed by atoms with Gasteiger partial charge in [0.1, 0.15) is 5.82 Å². The van der Waals surface area contributed by atoms with Crippen LogP contribution in [-0.4, -0.2) is 12.0 Å². The van der Waals surface area contributed by atoms with Crippen LogP contribution in [0.15, 0.2) is 42.5 Å². The van der Waals surface area contributed by atoms with Crippen molar-refractivity contribution in [3.8, 4) is 0 Å². The second-order valence-electron chi connectivity index (χ2n) is 4.69. The lowest BCUT2D eigenvalue weighted by molar-refractivity contribution is -0.384. The van der Waals surface area contributed by atoms with Crippen molar-refractivity contribution >= 4 is 23.0 Å². The molecule has 0 aliphatic carbocycles. The van der Waals surface area contributed by atoms with Crippen molar-refractivity contribution in [3.63, 3.8) is 0 Å². The maximum atomic E-state index is 13.2. The molecule has 0 amide bonds. The summed E-state index contributed by atoms with van der Waals surface area (Å²) in [5, 5.41) is 10.8. The molecule has 0 atom stereocenters. The van der Waals surface area contributed by atoms with Crippen LogP contribution in [0.4, 0.5) is 15.8 Å². The third-order valence-electron chi connectivity index (χ3n) is 3.14. The molecule has 0 aromatic heterocycles. The van der Waals surface area contributed by atoms with E-state index in [0.29, 0.717) is 12.1 Å². The fourth-order valence-corrected chi connectivity index (χ4v) is 2.37. The van der Waals surface area contributed by atoms with Crippen molar-refractivity contribution in [2.24, 2.45) is 0 Å². The molecule has 0 fully saturated rings. The molecule has 6 heteroatoms. The predicted molar refractivity (Wildman–Crippen MR) is 81.2 cm³/mol. The van der Waals surface area contributed by atoms with Gasteiger partial charge in [0, 0.05) is 37.3 Å². The normalized spacial score (nSPS) is 10.4. The topological polar surface area (TPSA) is 46.4 Å². The maximum Gasteiger partial charge on any atom is 0.269 e. The van der Waals surface area contributed by atoms with E-state index >= 15 is 0 Å². The number of anilines is 1. The maximum absolute atomic E-state index is 13.2. The number of benzene rings is 2. The first-order valence-electron chi connectivity index (χ1n) is 6.30. The first-order chi connectivity index (χ1) is 10.0. The van der Waals surface area contributed by atoms with Crippen LogP contribution in [0, 0.1) is 15.9 Å². The van der Waals surface area contributed by atoms with Crippen LogP contribution >= 0.6 is 11.6 Å². The van der Waals surface area contributed by atoms with Gasteiger partial charge < -0.3 is 4.90 Å². The second kappa shape index (κ2) is 6.54. The zero-order chi connectivity index (χ0) is 15.4. The fourth-order valence-electron chi connectivity index (χ4n) is 2.16. The Bertz CT molecular complexity index is 664. The van der Waals surface area contributed by atoms with Crippen LogP contribution in [0.2, 0.25) is 0 Å². The van der Waals surface area contributed by atoms with Gasteiger partial charge >= 0.3 is 0 Å². The first-order valence-corrected chi connectivity index (χ1v) is 6.83. The molecule has 0 N–H and O–H groups in total. The molecule has 110 valence electrons. The third kappa shape index (κ3) is 3.70. The van der Waals surface area contributed by atoms with E-state index in [1.807, 2.05) is 18.0 Å². The molecule has 0 saturated heterocycles. The Morgan fingerprint density at radius 3 is 2.67 bits per heavy atom. The SMILES string of the molecule is CN(Cc1cccc(F)c1)c1ccc([N+](=O)[O-])cc1CCl. The van der Waals surface area contributed by atoms with Gasteiger partial charge in [-0.2, -0.15) is 0 Å². The summed E-state index contributed by atoms with van der Waals surface area (Å²) in [6.07, 6.45) is 0. The molecular formula is C15H14ClFN2O2. The van der Waals surface area contributed by atoms with E-state index in [4.69, 9.17) is 11.6 Å². The van der Waals surface area contributed by atoms with E-state index in [2.05, 4.69) is 0 Å². The number of halogens is 2. The minimum Gasteiger partial charge on any atom is -0.370 e. The van der Waals surface area contributed by atoms with E-state index in [1.165, 1.54) is 24.3 Å². The smallest absolute Gasteiger partial charge is 0.269 e. The summed E-state index contributed by atoms with van der Waals surface area (Å²) >= 11 is 5.87. The number of nitro benzene ring substituents is 1. The quantitative estimate of drug-likeness (QED) is 0.474. The Morgan fingerprint density at radius 1 is 1.29 bits per heavy atom. The van der Waals surface area contributed by atoms with Crippen molar-refractivity contribution in [2.75, 3.05) is 11.9 Å². The van der Waals surface area contributed by atoms with Crippen LogP contribution in [0.25, 0.3) is 0 Å². The van der Waals surface area contributed by atoms with Crippen LogP contribution in [0.5, 0.6) is 0 Å². The molecule has 0 heterocycles. The van der Waals surface area contributed by atoms with Crippen molar-refractivity contribution in [1.29, 1.82) is 0 Å². The van der Waals surface area contributed by atoms with Crippen molar-refractivity contribution in [1.82, 2.24) is 0 Å². The van der Waals surface area contributed by atoms with Crippen LogP contribution in [-0.2, 0) is 12.4 Å². The minimum absolute atomic E-state index is 0.00792. The van der Waals surface area contributed by atoms with Gasteiger partial charge in [-0.15, -0.1) is 11.6 Å². The van der Waals surface area contributed by atoms with Gasteiger partial charge in [-0.3, -0.25) is 10.1 Å². The molecule has 0 spiro atoms. The van der Waals surface area contributed by atoms with E-state index in [1.54, 1.807) is 12.1 Å². The molecule has 0 radical (unpaired) electrons. The molecule has 2 aromatic rings. The molecule has 0 aliphatic rings. The van der Waals surface area contributed by atoms with Crippen LogP contribution in [0.1, 0.15) is 11.1 Å². The Morgan fingerprint density at radius 2 is 2.05 bits per heavy atom. The highest BCUT2D eigenvalue weighted by Gasteiger charge is 2.13. The van der Waals surface area contributed by atoms with Gasteiger partial charge in [0.05, 0.1) is 4.92 Å². The largest absolute Gasteiger partial charge is 0.370 e. The number of non-ortho nitro benzene ring substituents is 1. The van der Waals surface area contributed by atoms with E-state index < -0.39 is 4.92 Å². The highest BCUT2D eigenvalue weighted by Crippen LogP contribution is 2.27. The third-order valence-corrected chi connectivity index (χ3v) is 3.43. The second-order valence-corrected chi connectivity index (χ2v) is 4.96. The highest BCUT2D eigenvalue weighted by molar-refractivity contribution is 6.17. The van der Waals surface area contributed by atoms with Gasteiger partial charge in [-0.05, 0) is 29.3 Å². The average Bonchev–Trinajstić information content (AvgIpc) is 2.46. The summed E-state index contributed by atoms with van der Waals surface area (Å²) in [5.74, 6) is -0.119. The van der Waals surface area contributed by atoms with Gasteiger partial charge in [-0.1, -0.05) is 12.1 Å². The summed E-state index contributed by atoms with van der Waals surface area (Å²) in [6, 6.07) is 10.9. The Balaban J connectivity index is 2.26. The predicted octanol–water partition coefficient (Wildman–Crippen LogP) is 4.11. The first kappa shape index (κ1) is 15.3. The lowest BCUT2D eigenvalue weighted by Crippen LogP contribution is -2.18. The number of alkyl halides is 1. The number of rotatable bonds is 5. The summed E-state index contributed by atoms with van der Waals surface area (Å²) in [6.45, 7) is 0.486. The fraction of sp³-hybridized carbons (Fsp3) is 0.200. The zero-order valence-corrected chi connectivity index (χ0v) is 12.2. The highest BCUT2D eigenvalue weighted by atomic mass is 35.5. The summed E-state index contributed by atoms with van der Waals surface area (Å²) in [4.78, 5) is 12.2. The molecule has 2 rings (SSSR count). The zero-order valence-electron chi connectivity index (χ0n) is 11.4. The molecule has 0 aliphatic heterocycles. The van der Waals surface area contributed by atoms with Crippen LogP contribution < -0.4 is 4.90 Å². The Labute approximate surface area is 126 Å². The number of hydrogen-bond donors (Lipinski definition) is 0. The molecule has 0 saturated carbocycles. The molecule has 4 nitrogen and oxygen atoms in total. The minimum atomic E-state index is -0.452. The molecule has 0 unspecified atom stereocenters. The lowest BCUT2D eigenvalue weighted by atomic mass is 10.1. The van der Waals surface area contributed by atoms with E-state index in [0.717, 1.165) is 11.3 Å². The van der Waals surface area contributed by atoms with E-state index in [-0.39, 0.29) is 17.4 Å². The molecule has 2 aromatic carbocycles. The summed E-state index contributed by atoms with van der Waals surface area (Å²) in [5.41, 5.74) is 2.29. The summed E-state index contributed by atoms with van der Waals surface area (Å²) in [7, 11) is 1.84. The standard InChI is InChI=1S/C15H14ClFN2O2/c1-18(10-11-3-2-4-13(17)7-11)15-6-5-14(19(20)21)8-12(15)9-16/h2-8H,9-10H2,1H3. The average molecular weight is 309 g/mol. The van der Waals surface area contributed by atoms with Crippen molar-refractivity contribution in [2.45, 2.75) is 12.4 Å². The van der Waals surface area contributed by atoms with Crippen molar-refractivity contribution < 1.29 is 9.31 Å². The Hall–Kier alpha value is -2.14. The van der Waals surface area contributed by atoms with Gasteiger partial charge in [-0.25, -0.2) is 4.39 Å². The number of nitro groups is 1. The van der Waals surface area contributed by atoms with E-state index in [9.17, 15) is 14.5 Å². The van der Waals surface area contributed by atoms with Gasteiger partial charge in [0.2, 0.25) is 0 Å². The molecular weight excluding hydrogens is 295 g/mol. The molecule has 0 bridgehead atoms. The monoisotopic (exact) mass is 308 g/mol. The van der Waals surface area contributed by atoms with Gasteiger partial charge in [0.15, 0.2) is 0 Å². The molecule has 21 heavy (non-hydrogen) atoms. The number of hydrogen-bond acceptors (Lipinski definition) is 3. The van der Waals surface area contributed by atoms with Crippen LogP contribution in [0.3, 0.4) is 0 Å². The number of nitrogens with zero attached hydrogens (tertiary/aromatic N) is 2. The Kier molecular flexibility index (Phi) is 4.75. The van der Waals surface area contributed by atoms with Gasteiger partial charge in [0.25, 0.3) is 5.69 Å². The lowest BCUT2D eigenvalue weighted by Gasteiger charge is -2.22. The summed E-state index contributed by atoms with van der Waals surface area (Å²) < 4.78 is 13.2. The van der Waals surface area contributed by atoms with Crippen molar-refractivity contribution in [3.05, 3.63) is 69.5 Å².